The normalized spacial score (nSPS) is 10.0. The van der Waals surface area contributed by atoms with Gasteiger partial charge < -0.3 is 5.32 Å². The van der Waals surface area contributed by atoms with Gasteiger partial charge in [0.1, 0.15) is 5.82 Å². The van der Waals surface area contributed by atoms with Gasteiger partial charge in [0, 0.05) is 10.7 Å². The van der Waals surface area contributed by atoms with Gasteiger partial charge in [-0.1, -0.05) is 12.1 Å². The van der Waals surface area contributed by atoms with Gasteiger partial charge in [-0.2, -0.15) is 0 Å². The number of aryl methyl sites for hydroxylation is 1. The van der Waals surface area contributed by atoms with Crippen molar-refractivity contribution >= 4 is 27.4 Å². The largest absolute Gasteiger partial charge is 0.339 e. The highest BCUT2D eigenvalue weighted by atomic mass is 79.9. The Kier molecular flexibility index (Phi) is 3.02. The lowest BCUT2D eigenvalue weighted by Gasteiger charge is -2.08. The monoisotopic (exact) mass is 262 g/mol. The molecule has 15 heavy (non-hydrogen) atoms. The van der Waals surface area contributed by atoms with Crippen LogP contribution >= 0.6 is 15.9 Å². The molecule has 1 heterocycles. The number of aromatic nitrogens is 1. The fourth-order valence-corrected chi connectivity index (χ4v) is 1.66. The molecule has 3 heteroatoms. The number of benzene rings is 1. The van der Waals surface area contributed by atoms with E-state index in [0.717, 1.165) is 16.0 Å². The van der Waals surface area contributed by atoms with Crippen molar-refractivity contribution in [3.63, 3.8) is 0 Å². The first-order chi connectivity index (χ1) is 7.25. The molecular formula is C12H11BrN2. The van der Waals surface area contributed by atoms with Gasteiger partial charge in [-0.05, 0) is 52.7 Å². The van der Waals surface area contributed by atoms with Crippen molar-refractivity contribution in [2.24, 2.45) is 0 Å². The average molecular weight is 263 g/mol. The predicted molar refractivity (Wildman–Crippen MR) is 66.4 cm³/mol. The lowest BCUT2D eigenvalue weighted by molar-refractivity contribution is 1.30. The van der Waals surface area contributed by atoms with Gasteiger partial charge in [0.25, 0.3) is 0 Å². The number of nitrogens with one attached hydrogen (secondary N) is 1. The van der Waals surface area contributed by atoms with Crippen LogP contribution in [0.1, 0.15) is 5.56 Å². The van der Waals surface area contributed by atoms with E-state index in [1.165, 1.54) is 5.56 Å². The Morgan fingerprint density at radius 3 is 2.80 bits per heavy atom. The maximum absolute atomic E-state index is 4.21. The van der Waals surface area contributed by atoms with Gasteiger partial charge in [-0.25, -0.2) is 4.98 Å². The van der Waals surface area contributed by atoms with Crippen LogP contribution in [0.5, 0.6) is 0 Å². The van der Waals surface area contributed by atoms with Crippen LogP contribution in [0.15, 0.2) is 47.1 Å². The van der Waals surface area contributed by atoms with E-state index in [0.29, 0.717) is 0 Å². The zero-order valence-corrected chi connectivity index (χ0v) is 9.95. The summed E-state index contributed by atoms with van der Waals surface area (Å²) in [4.78, 5) is 4.21. The van der Waals surface area contributed by atoms with Crippen molar-refractivity contribution in [1.82, 2.24) is 4.98 Å². The van der Waals surface area contributed by atoms with Gasteiger partial charge in [-0.15, -0.1) is 0 Å². The Labute approximate surface area is 97.5 Å². The molecule has 0 saturated carbocycles. The first-order valence-corrected chi connectivity index (χ1v) is 5.49. The average Bonchev–Trinajstić information content (AvgIpc) is 2.25. The van der Waals surface area contributed by atoms with Gasteiger partial charge >= 0.3 is 0 Å². The summed E-state index contributed by atoms with van der Waals surface area (Å²) in [7, 11) is 0. The van der Waals surface area contributed by atoms with E-state index in [9.17, 15) is 0 Å². The van der Waals surface area contributed by atoms with Crippen molar-refractivity contribution < 1.29 is 0 Å². The number of anilines is 2. The molecule has 1 aromatic heterocycles. The molecule has 0 fully saturated rings. The van der Waals surface area contributed by atoms with Crippen LogP contribution in [0.4, 0.5) is 11.5 Å². The van der Waals surface area contributed by atoms with Gasteiger partial charge in [-0.3, -0.25) is 0 Å². The van der Waals surface area contributed by atoms with Crippen molar-refractivity contribution in [3.8, 4) is 0 Å². The maximum atomic E-state index is 4.21. The Morgan fingerprint density at radius 2 is 2.07 bits per heavy atom. The highest BCUT2D eigenvalue weighted by Crippen LogP contribution is 2.25. The van der Waals surface area contributed by atoms with Crippen LogP contribution in [0, 0.1) is 6.92 Å². The summed E-state index contributed by atoms with van der Waals surface area (Å²) in [5, 5.41) is 3.26. The van der Waals surface area contributed by atoms with Crippen molar-refractivity contribution in [2.45, 2.75) is 6.92 Å². The summed E-state index contributed by atoms with van der Waals surface area (Å²) in [6.07, 6.45) is 1.77. The molecule has 1 N–H and O–H groups in total. The van der Waals surface area contributed by atoms with Crippen molar-refractivity contribution in [2.75, 3.05) is 5.32 Å². The second-order valence-electron chi connectivity index (χ2n) is 3.32. The van der Waals surface area contributed by atoms with E-state index in [1.807, 2.05) is 24.3 Å². The first kappa shape index (κ1) is 10.2. The molecule has 0 radical (unpaired) electrons. The van der Waals surface area contributed by atoms with Crippen molar-refractivity contribution in [1.29, 1.82) is 0 Å². The Hall–Kier alpha value is -1.35. The van der Waals surface area contributed by atoms with E-state index in [4.69, 9.17) is 0 Å². The van der Waals surface area contributed by atoms with E-state index < -0.39 is 0 Å². The Balaban J connectivity index is 2.28. The van der Waals surface area contributed by atoms with Gasteiger partial charge in [0.2, 0.25) is 0 Å². The summed E-state index contributed by atoms with van der Waals surface area (Å²) in [5.41, 5.74) is 2.25. The highest BCUT2D eigenvalue weighted by Gasteiger charge is 2.00. The standard InChI is InChI=1S/C12H11BrN2/c1-9-5-6-10(13)11(8-9)15-12-4-2-3-7-14-12/h2-8H,1H3,(H,14,15). The van der Waals surface area contributed by atoms with Crippen LogP contribution in [0.3, 0.4) is 0 Å². The van der Waals surface area contributed by atoms with Crippen LogP contribution in [-0.4, -0.2) is 4.98 Å². The summed E-state index contributed by atoms with van der Waals surface area (Å²) in [6, 6.07) is 12.0. The fourth-order valence-electron chi connectivity index (χ4n) is 1.31. The third kappa shape index (κ3) is 2.57. The topological polar surface area (TPSA) is 24.9 Å². The molecule has 2 nitrogen and oxygen atoms in total. The second-order valence-corrected chi connectivity index (χ2v) is 4.18. The quantitative estimate of drug-likeness (QED) is 0.888. The second kappa shape index (κ2) is 4.45. The summed E-state index contributed by atoms with van der Waals surface area (Å²) in [6.45, 7) is 2.07. The number of halogens is 1. The van der Waals surface area contributed by atoms with Crippen LogP contribution in [-0.2, 0) is 0 Å². The Bertz CT molecular complexity index is 454. The molecule has 0 aliphatic carbocycles. The first-order valence-electron chi connectivity index (χ1n) is 4.70. The summed E-state index contributed by atoms with van der Waals surface area (Å²) < 4.78 is 1.04. The molecule has 76 valence electrons. The summed E-state index contributed by atoms with van der Waals surface area (Å²) in [5.74, 6) is 0.851. The molecule has 0 aliphatic heterocycles. The predicted octanol–water partition coefficient (Wildman–Crippen LogP) is 3.90. The fraction of sp³-hybridized carbons (Fsp3) is 0.0833. The molecule has 0 aliphatic rings. The molecule has 0 spiro atoms. The summed E-state index contributed by atoms with van der Waals surface area (Å²) >= 11 is 3.50. The van der Waals surface area contributed by atoms with Gasteiger partial charge in [0.15, 0.2) is 0 Å². The minimum absolute atomic E-state index is 0.851. The maximum Gasteiger partial charge on any atom is 0.130 e. The molecule has 1 aromatic carbocycles. The molecular weight excluding hydrogens is 252 g/mol. The number of hydrogen-bond acceptors (Lipinski definition) is 2. The zero-order valence-electron chi connectivity index (χ0n) is 8.37. The zero-order chi connectivity index (χ0) is 10.7. The SMILES string of the molecule is Cc1ccc(Br)c(Nc2ccccn2)c1. The Morgan fingerprint density at radius 1 is 1.20 bits per heavy atom. The molecule has 0 bridgehead atoms. The molecule has 0 saturated heterocycles. The number of hydrogen-bond donors (Lipinski definition) is 1. The lowest BCUT2D eigenvalue weighted by atomic mass is 10.2. The van der Waals surface area contributed by atoms with E-state index in [2.05, 4.69) is 45.3 Å². The minimum atomic E-state index is 0.851. The molecule has 2 rings (SSSR count). The molecule has 2 aromatic rings. The van der Waals surface area contributed by atoms with E-state index in [1.54, 1.807) is 6.20 Å². The lowest BCUT2D eigenvalue weighted by Crippen LogP contribution is -1.93. The molecule has 0 atom stereocenters. The van der Waals surface area contributed by atoms with Crippen LogP contribution in [0.25, 0.3) is 0 Å². The third-order valence-electron chi connectivity index (χ3n) is 2.05. The van der Waals surface area contributed by atoms with E-state index >= 15 is 0 Å². The third-order valence-corrected chi connectivity index (χ3v) is 2.74. The number of rotatable bonds is 2. The number of pyridine rings is 1. The van der Waals surface area contributed by atoms with Crippen LogP contribution < -0.4 is 5.32 Å². The minimum Gasteiger partial charge on any atom is -0.339 e. The van der Waals surface area contributed by atoms with Gasteiger partial charge in [0.05, 0.1) is 5.69 Å². The highest BCUT2D eigenvalue weighted by molar-refractivity contribution is 9.10. The molecule has 0 amide bonds. The van der Waals surface area contributed by atoms with E-state index in [-0.39, 0.29) is 0 Å². The van der Waals surface area contributed by atoms with Crippen LogP contribution in [0.2, 0.25) is 0 Å². The smallest absolute Gasteiger partial charge is 0.130 e. The number of nitrogens with zero attached hydrogens (tertiary/aromatic N) is 1. The molecule has 0 unspecified atom stereocenters. The van der Waals surface area contributed by atoms with Crippen molar-refractivity contribution in [3.05, 3.63) is 52.6 Å².